The number of benzene rings is 1. The summed E-state index contributed by atoms with van der Waals surface area (Å²) in [5.74, 6) is 0.341. The molecule has 1 saturated heterocycles. The molecule has 1 aromatic carbocycles. The van der Waals surface area contributed by atoms with E-state index in [-0.39, 0.29) is 24.6 Å². The highest BCUT2D eigenvalue weighted by molar-refractivity contribution is 6.01. The minimum Gasteiger partial charge on any atom is -0.476 e. The number of amides is 1. The Morgan fingerprint density at radius 1 is 1.18 bits per heavy atom. The fourth-order valence-electron chi connectivity index (χ4n) is 6.27. The van der Waals surface area contributed by atoms with E-state index < -0.39 is 5.91 Å². The van der Waals surface area contributed by atoms with Crippen LogP contribution in [-0.4, -0.2) is 84.3 Å². The number of aliphatic hydroxyl groups is 1. The van der Waals surface area contributed by atoms with Gasteiger partial charge in [0.15, 0.2) is 11.9 Å². The van der Waals surface area contributed by atoms with Crippen LogP contribution in [0, 0.1) is 0 Å². The van der Waals surface area contributed by atoms with Crippen LogP contribution in [0.4, 0.5) is 0 Å². The zero-order chi connectivity index (χ0) is 31.7. The predicted molar refractivity (Wildman–Crippen MR) is 170 cm³/mol. The maximum Gasteiger partial charge on any atom is 0.270 e. The van der Waals surface area contributed by atoms with Crippen LogP contribution in [0.15, 0.2) is 18.2 Å². The van der Waals surface area contributed by atoms with Crippen molar-refractivity contribution in [2.75, 3.05) is 32.9 Å². The molecule has 0 spiro atoms. The molecule has 1 amide bonds. The number of nitrogens with zero attached hydrogens (tertiary/aromatic N) is 7. The molecule has 6 rings (SSSR count). The van der Waals surface area contributed by atoms with Crippen molar-refractivity contribution >= 4 is 29.0 Å². The van der Waals surface area contributed by atoms with Crippen molar-refractivity contribution in [2.45, 2.75) is 65.5 Å². The third kappa shape index (κ3) is 5.95. The topological polar surface area (TPSA) is 148 Å². The first-order valence-corrected chi connectivity index (χ1v) is 15.7. The van der Waals surface area contributed by atoms with E-state index in [0.717, 1.165) is 59.2 Å². The summed E-state index contributed by atoms with van der Waals surface area (Å²) in [6.45, 7) is 9.30. The van der Waals surface area contributed by atoms with Crippen molar-refractivity contribution in [3.63, 3.8) is 0 Å². The summed E-state index contributed by atoms with van der Waals surface area (Å²) < 4.78 is 24.1. The van der Waals surface area contributed by atoms with Crippen LogP contribution in [-0.2, 0) is 24.9 Å². The smallest absolute Gasteiger partial charge is 0.270 e. The monoisotopic (exact) mass is 618 g/mol. The van der Waals surface area contributed by atoms with Gasteiger partial charge in [-0.15, -0.1) is 5.10 Å². The molecule has 45 heavy (non-hydrogen) atoms. The van der Waals surface area contributed by atoms with Gasteiger partial charge in [-0.1, -0.05) is 13.0 Å². The van der Waals surface area contributed by atoms with Crippen molar-refractivity contribution in [3.05, 3.63) is 40.8 Å². The number of fused-ring (bicyclic) bond motifs is 4. The number of primary amides is 1. The number of rotatable bonds is 7. The molecular weight excluding hydrogens is 576 g/mol. The molecule has 3 aromatic heterocycles. The Morgan fingerprint density at radius 3 is 2.73 bits per heavy atom. The Balaban J connectivity index is 1.60. The number of carbonyl (C=O) groups is 1. The van der Waals surface area contributed by atoms with Gasteiger partial charge >= 0.3 is 0 Å². The molecule has 3 N–H and O–H groups in total. The number of hydrogen-bond acceptors (Lipinski definition) is 9. The molecule has 5 heterocycles. The lowest BCUT2D eigenvalue weighted by atomic mass is 10.0. The van der Waals surface area contributed by atoms with Crippen LogP contribution in [0.25, 0.3) is 34.2 Å². The molecule has 13 heteroatoms. The Morgan fingerprint density at radius 2 is 2.02 bits per heavy atom. The van der Waals surface area contributed by atoms with Gasteiger partial charge in [0.2, 0.25) is 11.8 Å². The van der Waals surface area contributed by atoms with Crippen LogP contribution in [0.1, 0.15) is 73.7 Å². The fraction of sp³-hybridized carbons (Fsp3) is 0.500. The molecule has 2 bridgehead atoms. The second kappa shape index (κ2) is 13.0. The third-order valence-electron chi connectivity index (χ3n) is 8.39. The van der Waals surface area contributed by atoms with Crippen LogP contribution >= 0.6 is 0 Å². The van der Waals surface area contributed by atoms with Gasteiger partial charge in [0.05, 0.1) is 47.8 Å². The largest absolute Gasteiger partial charge is 0.476 e. The van der Waals surface area contributed by atoms with Crippen LogP contribution in [0.5, 0.6) is 11.8 Å². The lowest BCUT2D eigenvalue weighted by Gasteiger charge is -2.26. The van der Waals surface area contributed by atoms with Crippen molar-refractivity contribution in [3.8, 4) is 22.9 Å². The number of ether oxygens (including phenoxy) is 3. The fourth-order valence-corrected chi connectivity index (χ4v) is 6.27. The number of hydrogen-bond donors (Lipinski definition) is 2. The maximum absolute atomic E-state index is 12.6. The first kappa shape index (κ1) is 30.8. The Hall–Kier alpha value is -4.20. The first-order valence-electron chi connectivity index (χ1n) is 15.7. The van der Waals surface area contributed by atoms with Crippen molar-refractivity contribution in [1.82, 2.24) is 34.2 Å². The maximum atomic E-state index is 12.6. The quantitative estimate of drug-likeness (QED) is 0.317. The highest BCUT2D eigenvalue weighted by Crippen LogP contribution is 2.38. The summed E-state index contributed by atoms with van der Waals surface area (Å²) in [7, 11) is 1.75. The number of nitrogens with two attached hydrogens (primary N) is 1. The zero-order valence-corrected chi connectivity index (χ0v) is 26.4. The second-order valence-electron chi connectivity index (χ2n) is 11.5. The van der Waals surface area contributed by atoms with Gasteiger partial charge in [0.25, 0.3) is 5.91 Å². The number of aliphatic hydroxyl groups excluding tert-OH is 1. The zero-order valence-electron chi connectivity index (χ0n) is 26.4. The van der Waals surface area contributed by atoms with E-state index in [1.165, 1.54) is 0 Å². The molecular formula is C32H42N8O5. The average molecular weight is 619 g/mol. The molecule has 4 aromatic rings. The van der Waals surface area contributed by atoms with E-state index in [0.29, 0.717) is 50.2 Å². The lowest BCUT2D eigenvalue weighted by molar-refractivity contribution is -0.0367. The standard InChI is InChI=1S/C32H42N8O5/c1-5-38-18-20(3)45-32-28(29(30(33)42)35-37(32)4)21-10-13-25-23(17-21)24(34-40(25)27-9-7-8-16-44-27)12-11-22-26(19-38)39(14-15-41)36-31(22)43-6-2/h10-13,17,20,27,41H,5-9,14-16,18-19H2,1-4H3,(H2,33,42)/b12-11-/t20-,27?/m0/s1. The summed E-state index contributed by atoms with van der Waals surface area (Å²) in [6.07, 6.45) is 6.48. The van der Waals surface area contributed by atoms with E-state index in [1.807, 2.05) is 53.6 Å². The summed E-state index contributed by atoms with van der Waals surface area (Å²) in [4.78, 5) is 14.9. The number of carbonyl (C=O) groups excluding carboxylic acids is 1. The molecule has 13 nitrogen and oxygen atoms in total. The SMILES string of the molecule is CCOc1nn(CCO)c2c1/C=C\c1nn(C3CCCCO3)c3ccc(cc13)-c1c(C(N)=O)nn(C)c1O[C@@H](C)CN(CC)C2. The molecule has 2 aliphatic rings. The third-order valence-corrected chi connectivity index (χ3v) is 8.39. The van der Waals surface area contributed by atoms with Crippen molar-refractivity contribution in [1.29, 1.82) is 0 Å². The van der Waals surface area contributed by atoms with Crippen LogP contribution in [0.3, 0.4) is 0 Å². The van der Waals surface area contributed by atoms with Crippen LogP contribution < -0.4 is 15.2 Å². The molecule has 2 aliphatic heterocycles. The molecule has 2 atom stereocenters. The lowest BCUT2D eigenvalue weighted by Crippen LogP contribution is -2.34. The summed E-state index contributed by atoms with van der Waals surface area (Å²) >= 11 is 0. The highest BCUT2D eigenvalue weighted by Gasteiger charge is 2.28. The van der Waals surface area contributed by atoms with Gasteiger partial charge in [-0.3, -0.25) is 14.4 Å². The molecule has 240 valence electrons. The van der Waals surface area contributed by atoms with Gasteiger partial charge in [0.1, 0.15) is 6.10 Å². The number of aryl methyl sites for hydroxylation is 1. The van der Waals surface area contributed by atoms with Gasteiger partial charge < -0.3 is 25.1 Å². The molecule has 0 radical (unpaired) electrons. The van der Waals surface area contributed by atoms with Crippen molar-refractivity contribution in [2.24, 2.45) is 12.8 Å². The minimum absolute atomic E-state index is 0.0558. The van der Waals surface area contributed by atoms with E-state index in [2.05, 4.69) is 16.9 Å². The van der Waals surface area contributed by atoms with E-state index in [1.54, 1.807) is 11.7 Å². The normalized spacial score (nSPS) is 19.8. The van der Waals surface area contributed by atoms with Gasteiger partial charge in [-0.25, -0.2) is 9.36 Å². The van der Waals surface area contributed by atoms with E-state index in [9.17, 15) is 9.90 Å². The van der Waals surface area contributed by atoms with Gasteiger partial charge in [0, 0.05) is 32.1 Å². The van der Waals surface area contributed by atoms with Crippen LogP contribution in [0.2, 0.25) is 0 Å². The van der Waals surface area contributed by atoms with Crippen molar-refractivity contribution < 1.29 is 24.1 Å². The molecule has 1 fully saturated rings. The summed E-state index contributed by atoms with van der Waals surface area (Å²) in [5, 5.41) is 25.0. The molecule has 0 saturated carbocycles. The molecule has 0 aliphatic carbocycles. The minimum atomic E-state index is -0.630. The first-order chi connectivity index (χ1) is 21.8. The van der Waals surface area contributed by atoms with Gasteiger partial charge in [-0.05, 0) is 69.5 Å². The Labute approximate surface area is 262 Å². The Kier molecular flexibility index (Phi) is 8.92. The Bertz CT molecular complexity index is 1710. The van der Waals surface area contributed by atoms with E-state index >= 15 is 0 Å². The summed E-state index contributed by atoms with van der Waals surface area (Å²) in [5.41, 5.74) is 10.7. The number of likely N-dealkylation sites (N-methyl/N-ethyl adjacent to an activating group) is 1. The number of aromatic nitrogens is 6. The summed E-state index contributed by atoms with van der Waals surface area (Å²) in [6, 6.07) is 5.98. The highest BCUT2D eigenvalue weighted by atomic mass is 16.5. The van der Waals surface area contributed by atoms with E-state index in [4.69, 9.17) is 30.1 Å². The molecule has 1 unspecified atom stereocenters. The van der Waals surface area contributed by atoms with Gasteiger partial charge in [-0.2, -0.15) is 10.2 Å². The average Bonchev–Trinajstić information content (AvgIpc) is 3.67. The second-order valence-corrected chi connectivity index (χ2v) is 11.5. The predicted octanol–water partition coefficient (Wildman–Crippen LogP) is 3.60.